The van der Waals surface area contributed by atoms with Gasteiger partial charge in [0.15, 0.2) is 6.61 Å². The number of halogens is 1. The molecule has 0 bridgehead atoms. The maximum Gasteiger partial charge on any atom is 0.258 e. The molecule has 24 heavy (non-hydrogen) atoms. The molecule has 2 rings (SSSR count). The smallest absolute Gasteiger partial charge is 0.258 e. The number of carbonyl (C=O) groups excluding carboxylic acids is 1. The van der Waals surface area contributed by atoms with Crippen molar-refractivity contribution in [1.29, 1.82) is 0 Å². The molecule has 1 N–H and O–H groups in total. The Labute approximate surface area is 147 Å². The fourth-order valence-corrected chi connectivity index (χ4v) is 2.45. The van der Waals surface area contributed by atoms with Gasteiger partial charge in [-0.2, -0.15) is 0 Å². The van der Waals surface area contributed by atoms with Gasteiger partial charge in [-0.25, -0.2) is 0 Å². The van der Waals surface area contributed by atoms with Crippen LogP contribution in [0.25, 0.3) is 0 Å². The molecule has 128 valence electrons. The zero-order valence-corrected chi connectivity index (χ0v) is 14.9. The summed E-state index contributed by atoms with van der Waals surface area (Å²) in [6, 6.07) is 11.3. The fraction of sp³-hybridized carbons (Fsp3) is 0.316. The minimum atomic E-state index is -0.184. The summed E-state index contributed by atoms with van der Waals surface area (Å²) < 4.78 is 11.1. The lowest BCUT2D eigenvalue weighted by molar-refractivity contribution is -0.123. The minimum Gasteiger partial charge on any atom is -0.490 e. The number of para-hydroxylation sites is 1. The quantitative estimate of drug-likeness (QED) is 0.774. The molecule has 0 radical (unpaired) electrons. The normalized spacial score (nSPS) is 10.3. The van der Waals surface area contributed by atoms with E-state index in [-0.39, 0.29) is 12.5 Å². The summed E-state index contributed by atoms with van der Waals surface area (Å²) >= 11 is 5.99. The highest BCUT2D eigenvalue weighted by Crippen LogP contribution is 2.23. The van der Waals surface area contributed by atoms with Crippen LogP contribution in [0.4, 0.5) is 0 Å². The van der Waals surface area contributed by atoms with Gasteiger partial charge < -0.3 is 14.8 Å². The van der Waals surface area contributed by atoms with Gasteiger partial charge in [-0.1, -0.05) is 29.8 Å². The third kappa shape index (κ3) is 5.17. The summed E-state index contributed by atoms with van der Waals surface area (Å²) in [5.41, 5.74) is 3.32. The van der Waals surface area contributed by atoms with E-state index in [0.717, 1.165) is 22.4 Å². The van der Waals surface area contributed by atoms with Crippen LogP contribution in [0.3, 0.4) is 0 Å². The monoisotopic (exact) mass is 347 g/mol. The van der Waals surface area contributed by atoms with Crippen LogP contribution in [0, 0.1) is 20.8 Å². The molecular weight excluding hydrogens is 326 g/mol. The van der Waals surface area contributed by atoms with Gasteiger partial charge in [-0.05, 0) is 55.7 Å². The standard InChI is InChI=1S/C19H22ClNO3/c1-13-10-14(2)15(3)18(11-13)24-12-19(22)21-8-9-23-17-7-5-4-6-16(17)20/h4-7,10-11H,8-9,12H2,1-3H3,(H,21,22). The number of ether oxygens (including phenoxy) is 2. The highest BCUT2D eigenvalue weighted by Gasteiger charge is 2.07. The summed E-state index contributed by atoms with van der Waals surface area (Å²) in [5.74, 6) is 1.17. The fourth-order valence-electron chi connectivity index (χ4n) is 2.26. The maximum atomic E-state index is 11.9. The van der Waals surface area contributed by atoms with Crippen molar-refractivity contribution >= 4 is 17.5 Å². The second-order valence-electron chi connectivity index (χ2n) is 5.62. The van der Waals surface area contributed by atoms with Gasteiger partial charge in [-0.3, -0.25) is 4.79 Å². The van der Waals surface area contributed by atoms with E-state index in [1.807, 2.05) is 39.0 Å². The van der Waals surface area contributed by atoms with Gasteiger partial charge in [0.05, 0.1) is 11.6 Å². The van der Waals surface area contributed by atoms with Gasteiger partial charge in [0.1, 0.15) is 18.1 Å². The van der Waals surface area contributed by atoms with Crippen molar-refractivity contribution in [3.8, 4) is 11.5 Å². The summed E-state index contributed by atoms with van der Waals surface area (Å²) in [4.78, 5) is 11.9. The lowest BCUT2D eigenvalue weighted by Crippen LogP contribution is -2.32. The predicted octanol–water partition coefficient (Wildman–Crippen LogP) is 3.84. The Morgan fingerprint density at radius 3 is 2.58 bits per heavy atom. The van der Waals surface area contributed by atoms with Gasteiger partial charge in [0.2, 0.25) is 0 Å². The molecule has 0 aliphatic rings. The van der Waals surface area contributed by atoms with Crippen LogP contribution in [0.15, 0.2) is 36.4 Å². The molecule has 5 heteroatoms. The average Bonchev–Trinajstić information content (AvgIpc) is 2.55. The van der Waals surface area contributed by atoms with E-state index in [4.69, 9.17) is 21.1 Å². The van der Waals surface area contributed by atoms with Gasteiger partial charge >= 0.3 is 0 Å². The van der Waals surface area contributed by atoms with Gasteiger partial charge in [0.25, 0.3) is 5.91 Å². The van der Waals surface area contributed by atoms with E-state index in [9.17, 15) is 4.79 Å². The summed E-state index contributed by atoms with van der Waals surface area (Å²) in [7, 11) is 0. The maximum absolute atomic E-state index is 11.9. The molecule has 0 fully saturated rings. The molecule has 0 unspecified atom stereocenters. The Morgan fingerprint density at radius 2 is 1.83 bits per heavy atom. The SMILES string of the molecule is Cc1cc(C)c(C)c(OCC(=O)NCCOc2ccccc2Cl)c1. The molecule has 0 saturated heterocycles. The number of hydrogen-bond donors (Lipinski definition) is 1. The second-order valence-corrected chi connectivity index (χ2v) is 6.03. The van der Waals surface area contributed by atoms with Crippen LogP contribution in [-0.4, -0.2) is 25.7 Å². The Hall–Kier alpha value is -2.20. The van der Waals surface area contributed by atoms with Gasteiger partial charge in [-0.15, -0.1) is 0 Å². The average molecular weight is 348 g/mol. The van der Waals surface area contributed by atoms with E-state index >= 15 is 0 Å². The molecule has 0 saturated carbocycles. The van der Waals surface area contributed by atoms with Crippen molar-refractivity contribution in [3.63, 3.8) is 0 Å². The van der Waals surface area contributed by atoms with Crippen LogP contribution in [0.5, 0.6) is 11.5 Å². The third-order valence-electron chi connectivity index (χ3n) is 3.64. The lowest BCUT2D eigenvalue weighted by atomic mass is 10.1. The molecule has 0 spiro atoms. The molecule has 4 nitrogen and oxygen atoms in total. The molecular formula is C19H22ClNO3. The first-order valence-electron chi connectivity index (χ1n) is 7.82. The molecule has 0 aliphatic heterocycles. The topological polar surface area (TPSA) is 47.6 Å². The van der Waals surface area contributed by atoms with Gasteiger partial charge in [0, 0.05) is 0 Å². The predicted molar refractivity (Wildman–Crippen MR) is 96.1 cm³/mol. The first-order chi connectivity index (χ1) is 11.5. The highest BCUT2D eigenvalue weighted by molar-refractivity contribution is 6.32. The zero-order chi connectivity index (χ0) is 17.5. The van der Waals surface area contributed by atoms with Crippen molar-refractivity contribution in [2.75, 3.05) is 19.8 Å². The van der Waals surface area contributed by atoms with E-state index in [0.29, 0.717) is 23.9 Å². The Kier molecular flexibility index (Phi) is 6.50. The molecule has 0 atom stereocenters. The minimum absolute atomic E-state index is 0.0180. The summed E-state index contributed by atoms with van der Waals surface area (Å²) in [6.45, 7) is 6.74. The Morgan fingerprint density at radius 1 is 1.08 bits per heavy atom. The first-order valence-corrected chi connectivity index (χ1v) is 8.20. The third-order valence-corrected chi connectivity index (χ3v) is 3.95. The lowest BCUT2D eigenvalue weighted by Gasteiger charge is -2.13. The number of aryl methyl sites for hydroxylation is 2. The molecule has 0 heterocycles. The first kappa shape index (κ1) is 18.1. The van der Waals surface area contributed by atoms with E-state index in [1.165, 1.54) is 0 Å². The number of benzene rings is 2. The number of nitrogens with one attached hydrogen (secondary N) is 1. The molecule has 2 aromatic rings. The summed E-state index contributed by atoms with van der Waals surface area (Å²) in [5, 5.41) is 3.31. The van der Waals surface area contributed by atoms with Crippen LogP contribution in [-0.2, 0) is 4.79 Å². The number of hydrogen-bond acceptors (Lipinski definition) is 3. The van der Waals surface area contributed by atoms with Crippen LogP contribution in [0.1, 0.15) is 16.7 Å². The summed E-state index contributed by atoms with van der Waals surface area (Å²) in [6.07, 6.45) is 0. The van der Waals surface area contributed by atoms with Crippen molar-refractivity contribution < 1.29 is 14.3 Å². The van der Waals surface area contributed by atoms with Crippen LogP contribution < -0.4 is 14.8 Å². The van der Waals surface area contributed by atoms with E-state index in [1.54, 1.807) is 12.1 Å². The molecule has 0 aromatic heterocycles. The number of rotatable bonds is 7. The van der Waals surface area contributed by atoms with E-state index < -0.39 is 0 Å². The molecule has 0 aliphatic carbocycles. The Bertz CT molecular complexity index is 716. The highest BCUT2D eigenvalue weighted by atomic mass is 35.5. The van der Waals surface area contributed by atoms with Crippen molar-refractivity contribution in [2.45, 2.75) is 20.8 Å². The Balaban J connectivity index is 1.73. The van der Waals surface area contributed by atoms with Crippen LogP contribution >= 0.6 is 11.6 Å². The van der Waals surface area contributed by atoms with Crippen molar-refractivity contribution in [3.05, 3.63) is 58.1 Å². The van der Waals surface area contributed by atoms with Crippen LogP contribution in [0.2, 0.25) is 5.02 Å². The van der Waals surface area contributed by atoms with E-state index in [2.05, 4.69) is 11.4 Å². The number of carbonyl (C=O) groups is 1. The molecule has 2 aromatic carbocycles. The van der Waals surface area contributed by atoms with Crippen molar-refractivity contribution in [1.82, 2.24) is 5.32 Å². The number of amides is 1. The second kappa shape index (κ2) is 8.60. The largest absolute Gasteiger partial charge is 0.490 e. The van der Waals surface area contributed by atoms with Crippen molar-refractivity contribution in [2.24, 2.45) is 0 Å². The molecule has 1 amide bonds. The zero-order valence-electron chi connectivity index (χ0n) is 14.2.